The summed E-state index contributed by atoms with van der Waals surface area (Å²) in [5.74, 6) is -0.923. The number of rotatable bonds is 3. The fourth-order valence-electron chi connectivity index (χ4n) is 3.29. The number of anilines is 1. The topological polar surface area (TPSA) is 111 Å². The number of hydrogen-bond acceptors (Lipinski definition) is 5. The Bertz CT molecular complexity index is 686. The van der Waals surface area contributed by atoms with Crippen LogP contribution in [-0.2, 0) is 9.59 Å². The molecule has 25 heavy (non-hydrogen) atoms. The van der Waals surface area contributed by atoms with Gasteiger partial charge in [0.2, 0.25) is 11.8 Å². The number of aromatic nitrogens is 3. The first-order chi connectivity index (χ1) is 11.8. The molecule has 1 aromatic heterocycles. The molecule has 2 N–H and O–H groups in total. The molecule has 3 rings (SSSR count). The molecule has 3 amide bonds. The predicted molar refractivity (Wildman–Crippen MR) is 89.7 cm³/mol. The number of hydrogen-bond donors (Lipinski definition) is 2. The molecular formula is C16H24N6O3. The Kier molecular flexibility index (Phi) is 4.49. The summed E-state index contributed by atoms with van der Waals surface area (Å²) in [7, 11) is 0. The van der Waals surface area contributed by atoms with Gasteiger partial charge in [-0.25, -0.2) is 0 Å². The zero-order chi connectivity index (χ0) is 18.2. The minimum absolute atomic E-state index is 0.0406. The van der Waals surface area contributed by atoms with Crippen molar-refractivity contribution in [3.8, 4) is 0 Å². The van der Waals surface area contributed by atoms with E-state index in [9.17, 15) is 14.4 Å². The van der Waals surface area contributed by atoms with Gasteiger partial charge in [-0.15, -0.1) is 10.2 Å². The summed E-state index contributed by atoms with van der Waals surface area (Å²) >= 11 is 0. The quantitative estimate of drug-likeness (QED) is 0.832. The van der Waals surface area contributed by atoms with Crippen molar-refractivity contribution in [2.24, 2.45) is 5.92 Å². The highest BCUT2D eigenvalue weighted by Gasteiger charge is 2.40. The van der Waals surface area contributed by atoms with Gasteiger partial charge in [-0.2, -0.15) is 5.21 Å². The Morgan fingerprint density at radius 3 is 2.48 bits per heavy atom. The van der Waals surface area contributed by atoms with Crippen LogP contribution >= 0.6 is 0 Å². The van der Waals surface area contributed by atoms with Crippen LogP contribution < -0.4 is 5.32 Å². The van der Waals surface area contributed by atoms with E-state index in [1.807, 2.05) is 20.8 Å². The molecule has 0 aliphatic carbocycles. The molecule has 9 heteroatoms. The van der Waals surface area contributed by atoms with Gasteiger partial charge >= 0.3 is 0 Å². The number of H-pyrrole nitrogens is 1. The van der Waals surface area contributed by atoms with Crippen molar-refractivity contribution >= 4 is 23.5 Å². The van der Waals surface area contributed by atoms with Gasteiger partial charge in [-0.1, -0.05) is 0 Å². The molecular weight excluding hydrogens is 324 g/mol. The van der Waals surface area contributed by atoms with Gasteiger partial charge in [-0.05, 0) is 33.6 Å². The second-order valence-corrected chi connectivity index (χ2v) is 7.59. The molecule has 0 radical (unpaired) electrons. The minimum atomic E-state index is -0.460. The fraction of sp³-hybridized carbons (Fsp3) is 0.688. The summed E-state index contributed by atoms with van der Waals surface area (Å²) in [6, 6.07) is 0. The maximum Gasteiger partial charge on any atom is 0.278 e. The van der Waals surface area contributed by atoms with E-state index in [1.165, 1.54) is 0 Å². The van der Waals surface area contributed by atoms with Crippen LogP contribution in [0.4, 0.5) is 5.82 Å². The van der Waals surface area contributed by atoms with Crippen molar-refractivity contribution in [2.45, 2.75) is 45.6 Å². The molecule has 136 valence electrons. The summed E-state index contributed by atoms with van der Waals surface area (Å²) in [5, 5.41) is 12.8. The first-order valence-corrected chi connectivity index (χ1v) is 8.59. The lowest BCUT2D eigenvalue weighted by atomic mass is 10.1. The smallest absolute Gasteiger partial charge is 0.278 e. The van der Waals surface area contributed by atoms with Crippen molar-refractivity contribution in [2.75, 3.05) is 25.0 Å². The molecule has 2 saturated heterocycles. The number of carbonyl (C=O) groups is 3. The SMILES string of the molecule is CC(C)(C)N1CC(C(=O)Nc2n[nH]nc2C(=O)N2CCCC2)CC1=O. The zero-order valence-corrected chi connectivity index (χ0v) is 14.8. The van der Waals surface area contributed by atoms with Crippen LogP contribution in [0.5, 0.6) is 0 Å². The maximum absolute atomic E-state index is 12.5. The van der Waals surface area contributed by atoms with Gasteiger partial charge in [0.25, 0.3) is 5.91 Å². The lowest BCUT2D eigenvalue weighted by Crippen LogP contribution is -2.42. The van der Waals surface area contributed by atoms with E-state index < -0.39 is 5.92 Å². The normalized spacial score (nSPS) is 21.1. The summed E-state index contributed by atoms with van der Waals surface area (Å²) in [6.45, 7) is 7.57. The largest absolute Gasteiger partial charge is 0.337 e. The molecule has 2 aliphatic rings. The van der Waals surface area contributed by atoms with E-state index in [4.69, 9.17) is 0 Å². The van der Waals surface area contributed by atoms with Crippen LogP contribution in [-0.4, -0.2) is 68.1 Å². The second kappa shape index (κ2) is 6.45. The van der Waals surface area contributed by atoms with Crippen molar-refractivity contribution < 1.29 is 14.4 Å². The van der Waals surface area contributed by atoms with Crippen LogP contribution in [0.25, 0.3) is 0 Å². The third kappa shape index (κ3) is 3.49. The summed E-state index contributed by atoms with van der Waals surface area (Å²) in [6.07, 6.45) is 2.10. The highest BCUT2D eigenvalue weighted by molar-refractivity contribution is 6.03. The van der Waals surface area contributed by atoms with Crippen molar-refractivity contribution in [1.82, 2.24) is 25.2 Å². The van der Waals surface area contributed by atoms with E-state index in [0.29, 0.717) is 19.6 Å². The number of aromatic amines is 1. The molecule has 1 aromatic rings. The molecule has 2 aliphatic heterocycles. The van der Waals surface area contributed by atoms with Crippen molar-refractivity contribution in [1.29, 1.82) is 0 Å². The van der Waals surface area contributed by atoms with Crippen LogP contribution in [0.1, 0.15) is 50.5 Å². The highest BCUT2D eigenvalue weighted by atomic mass is 16.2. The van der Waals surface area contributed by atoms with E-state index in [0.717, 1.165) is 12.8 Å². The van der Waals surface area contributed by atoms with Gasteiger partial charge in [0.1, 0.15) is 0 Å². The van der Waals surface area contributed by atoms with E-state index in [1.54, 1.807) is 9.80 Å². The molecule has 0 aromatic carbocycles. The Morgan fingerprint density at radius 2 is 1.88 bits per heavy atom. The van der Waals surface area contributed by atoms with Gasteiger partial charge < -0.3 is 15.1 Å². The maximum atomic E-state index is 12.5. The molecule has 0 spiro atoms. The molecule has 1 unspecified atom stereocenters. The first-order valence-electron chi connectivity index (χ1n) is 8.59. The number of nitrogens with one attached hydrogen (secondary N) is 2. The molecule has 0 saturated carbocycles. The summed E-state index contributed by atoms with van der Waals surface area (Å²) in [4.78, 5) is 40.5. The molecule has 2 fully saturated rings. The van der Waals surface area contributed by atoms with Crippen molar-refractivity contribution in [3.63, 3.8) is 0 Å². The third-order valence-electron chi connectivity index (χ3n) is 4.69. The average Bonchev–Trinajstić information content (AvgIpc) is 3.25. The van der Waals surface area contributed by atoms with E-state index in [2.05, 4.69) is 20.7 Å². The van der Waals surface area contributed by atoms with Crippen LogP contribution in [0, 0.1) is 5.92 Å². The van der Waals surface area contributed by atoms with Crippen LogP contribution in [0.3, 0.4) is 0 Å². The Morgan fingerprint density at radius 1 is 1.20 bits per heavy atom. The Labute approximate surface area is 146 Å². The van der Waals surface area contributed by atoms with Gasteiger partial charge in [0, 0.05) is 31.6 Å². The minimum Gasteiger partial charge on any atom is -0.337 e. The predicted octanol–water partition coefficient (Wildman–Crippen LogP) is 0.626. The molecule has 9 nitrogen and oxygen atoms in total. The molecule has 3 heterocycles. The summed E-state index contributed by atoms with van der Waals surface area (Å²) in [5.41, 5.74) is -0.205. The molecule has 1 atom stereocenters. The van der Waals surface area contributed by atoms with Gasteiger partial charge in [0.05, 0.1) is 5.92 Å². The highest BCUT2D eigenvalue weighted by Crippen LogP contribution is 2.27. The zero-order valence-electron chi connectivity index (χ0n) is 14.8. The molecule has 0 bridgehead atoms. The van der Waals surface area contributed by atoms with Crippen molar-refractivity contribution in [3.05, 3.63) is 5.69 Å². The third-order valence-corrected chi connectivity index (χ3v) is 4.69. The first kappa shape index (κ1) is 17.4. The van der Waals surface area contributed by atoms with E-state index in [-0.39, 0.29) is 41.2 Å². The number of nitrogens with zero attached hydrogens (tertiary/aromatic N) is 4. The lowest BCUT2D eigenvalue weighted by molar-refractivity contribution is -0.131. The number of amides is 3. The Balaban J connectivity index is 1.67. The van der Waals surface area contributed by atoms with Crippen LogP contribution in [0.2, 0.25) is 0 Å². The summed E-state index contributed by atoms with van der Waals surface area (Å²) < 4.78 is 0. The van der Waals surface area contributed by atoms with E-state index >= 15 is 0 Å². The standard InChI is InChI=1S/C16H24N6O3/c1-16(2,3)22-9-10(8-11(22)23)14(24)17-13-12(18-20-19-13)15(25)21-6-4-5-7-21/h10H,4-9H2,1-3H3,(H2,17,18,19,20,24). The fourth-order valence-corrected chi connectivity index (χ4v) is 3.29. The number of carbonyl (C=O) groups excluding carboxylic acids is 3. The monoisotopic (exact) mass is 348 g/mol. The second-order valence-electron chi connectivity index (χ2n) is 7.59. The van der Waals surface area contributed by atoms with Gasteiger partial charge in [0.15, 0.2) is 11.5 Å². The Hall–Kier alpha value is -2.45. The van der Waals surface area contributed by atoms with Gasteiger partial charge in [-0.3, -0.25) is 14.4 Å². The van der Waals surface area contributed by atoms with Crippen LogP contribution in [0.15, 0.2) is 0 Å². The lowest BCUT2D eigenvalue weighted by Gasteiger charge is -2.31. The number of likely N-dealkylation sites (tertiary alicyclic amines) is 2. The average molecular weight is 348 g/mol.